The Labute approximate surface area is 102 Å². The van der Waals surface area contributed by atoms with E-state index in [0.29, 0.717) is 5.69 Å². The second kappa shape index (κ2) is 5.81. The first-order valence-corrected chi connectivity index (χ1v) is 5.78. The van der Waals surface area contributed by atoms with Crippen LogP contribution in [-0.4, -0.2) is 4.98 Å². The van der Waals surface area contributed by atoms with Gasteiger partial charge in [-0.15, -0.1) is 0 Å². The monoisotopic (exact) mass is 222 g/mol. The fourth-order valence-corrected chi connectivity index (χ4v) is 1.87. The van der Waals surface area contributed by atoms with Crippen molar-refractivity contribution in [3.63, 3.8) is 0 Å². The Bertz CT molecular complexity index is 512. The van der Waals surface area contributed by atoms with E-state index in [9.17, 15) is 0 Å². The molecular formula is C15H14N2. The van der Waals surface area contributed by atoms with E-state index in [2.05, 4.69) is 35.3 Å². The molecule has 84 valence electrons. The molecular weight excluding hydrogens is 208 g/mol. The van der Waals surface area contributed by atoms with Gasteiger partial charge in [0.1, 0.15) is 11.8 Å². The second-order valence-corrected chi connectivity index (χ2v) is 3.96. The molecule has 0 radical (unpaired) electrons. The number of aryl methyl sites for hydroxylation is 2. The first-order chi connectivity index (χ1) is 8.40. The van der Waals surface area contributed by atoms with Crippen molar-refractivity contribution in [3.8, 4) is 6.07 Å². The van der Waals surface area contributed by atoms with Gasteiger partial charge in [0, 0.05) is 6.20 Å². The van der Waals surface area contributed by atoms with Gasteiger partial charge in [-0.2, -0.15) is 5.26 Å². The Balaban J connectivity index is 1.93. The van der Waals surface area contributed by atoms with Crippen LogP contribution in [0.25, 0.3) is 0 Å². The molecule has 0 aliphatic rings. The summed E-state index contributed by atoms with van der Waals surface area (Å²) in [5.41, 5.74) is 2.95. The number of rotatable bonds is 4. The van der Waals surface area contributed by atoms with E-state index in [-0.39, 0.29) is 0 Å². The molecule has 0 bridgehead atoms. The predicted octanol–water partition coefficient (Wildman–Crippen LogP) is 3.13. The van der Waals surface area contributed by atoms with Crippen LogP contribution in [-0.2, 0) is 12.8 Å². The van der Waals surface area contributed by atoms with Crippen LogP contribution >= 0.6 is 0 Å². The van der Waals surface area contributed by atoms with Crippen molar-refractivity contribution in [2.24, 2.45) is 0 Å². The van der Waals surface area contributed by atoms with E-state index in [1.807, 2.05) is 18.2 Å². The van der Waals surface area contributed by atoms with Crippen molar-refractivity contribution in [1.29, 1.82) is 5.26 Å². The molecule has 1 aromatic heterocycles. The lowest BCUT2D eigenvalue weighted by atomic mass is 10.0. The molecule has 2 heteroatoms. The van der Waals surface area contributed by atoms with Gasteiger partial charge < -0.3 is 0 Å². The van der Waals surface area contributed by atoms with Gasteiger partial charge in [-0.05, 0) is 36.5 Å². The highest BCUT2D eigenvalue weighted by atomic mass is 14.7. The number of pyridine rings is 1. The molecule has 1 aromatic carbocycles. The zero-order valence-corrected chi connectivity index (χ0v) is 9.63. The lowest BCUT2D eigenvalue weighted by Crippen LogP contribution is -1.95. The van der Waals surface area contributed by atoms with E-state index >= 15 is 0 Å². The van der Waals surface area contributed by atoms with Crippen molar-refractivity contribution < 1.29 is 0 Å². The Morgan fingerprint density at radius 2 is 1.82 bits per heavy atom. The molecule has 0 aliphatic carbocycles. The molecule has 2 rings (SSSR count). The molecule has 2 aromatic rings. The van der Waals surface area contributed by atoms with Crippen LogP contribution in [0.2, 0.25) is 0 Å². The van der Waals surface area contributed by atoms with Gasteiger partial charge in [0.2, 0.25) is 0 Å². The summed E-state index contributed by atoms with van der Waals surface area (Å²) < 4.78 is 0. The minimum Gasteiger partial charge on any atom is -0.245 e. The third-order valence-electron chi connectivity index (χ3n) is 2.75. The SMILES string of the molecule is N#Cc1ncccc1CCCc1ccccc1. The molecule has 0 fully saturated rings. The van der Waals surface area contributed by atoms with E-state index in [4.69, 9.17) is 5.26 Å². The lowest BCUT2D eigenvalue weighted by molar-refractivity contribution is 0.814. The van der Waals surface area contributed by atoms with E-state index in [1.54, 1.807) is 6.20 Å². The standard InChI is InChI=1S/C15H14N2/c16-12-15-14(10-5-11-17-15)9-4-8-13-6-2-1-3-7-13/h1-3,5-7,10-11H,4,8-9H2. The summed E-state index contributed by atoms with van der Waals surface area (Å²) in [6, 6.07) is 16.4. The van der Waals surface area contributed by atoms with Crippen LogP contribution in [0.15, 0.2) is 48.7 Å². The van der Waals surface area contributed by atoms with Crippen LogP contribution < -0.4 is 0 Å². The number of nitriles is 1. The van der Waals surface area contributed by atoms with Crippen LogP contribution in [0.4, 0.5) is 0 Å². The average molecular weight is 222 g/mol. The summed E-state index contributed by atoms with van der Waals surface area (Å²) >= 11 is 0. The van der Waals surface area contributed by atoms with Gasteiger partial charge in [0.15, 0.2) is 0 Å². The molecule has 17 heavy (non-hydrogen) atoms. The molecule has 0 saturated heterocycles. The van der Waals surface area contributed by atoms with Crippen LogP contribution in [0.3, 0.4) is 0 Å². The third-order valence-corrected chi connectivity index (χ3v) is 2.75. The molecule has 0 spiro atoms. The minimum absolute atomic E-state index is 0.556. The fourth-order valence-electron chi connectivity index (χ4n) is 1.87. The minimum atomic E-state index is 0.556. The fraction of sp³-hybridized carbons (Fsp3) is 0.200. The maximum absolute atomic E-state index is 8.92. The zero-order chi connectivity index (χ0) is 11.9. The van der Waals surface area contributed by atoms with Crippen molar-refractivity contribution in [2.75, 3.05) is 0 Å². The Kier molecular flexibility index (Phi) is 3.88. The summed E-state index contributed by atoms with van der Waals surface area (Å²) in [7, 11) is 0. The van der Waals surface area contributed by atoms with Crippen LogP contribution in [0.1, 0.15) is 23.2 Å². The van der Waals surface area contributed by atoms with Crippen molar-refractivity contribution in [3.05, 3.63) is 65.5 Å². The van der Waals surface area contributed by atoms with Gasteiger partial charge in [0.25, 0.3) is 0 Å². The van der Waals surface area contributed by atoms with Crippen LogP contribution in [0, 0.1) is 11.3 Å². The van der Waals surface area contributed by atoms with Crippen LogP contribution in [0.5, 0.6) is 0 Å². The summed E-state index contributed by atoms with van der Waals surface area (Å²) in [5.74, 6) is 0. The maximum atomic E-state index is 8.92. The normalized spacial score (nSPS) is 9.82. The highest BCUT2D eigenvalue weighted by molar-refractivity contribution is 5.30. The van der Waals surface area contributed by atoms with Gasteiger partial charge in [-0.25, -0.2) is 4.98 Å². The van der Waals surface area contributed by atoms with E-state index in [0.717, 1.165) is 24.8 Å². The molecule has 2 nitrogen and oxygen atoms in total. The summed E-state index contributed by atoms with van der Waals surface area (Å²) in [5, 5.41) is 8.92. The smallest absolute Gasteiger partial charge is 0.143 e. The van der Waals surface area contributed by atoms with Gasteiger partial charge in [0.05, 0.1) is 0 Å². The quantitative estimate of drug-likeness (QED) is 0.796. The first kappa shape index (κ1) is 11.3. The Hall–Kier alpha value is -2.14. The van der Waals surface area contributed by atoms with E-state index in [1.165, 1.54) is 5.56 Å². The zero-order valence-electron chi connectivity index (χ0n) is 9.63. The topological polar surface area (TPSA) is 36.7 Å². The Morgan fingerprint density at radius 3 is 2.59 bits per heavy atom. The third kappa shape index (κ3) is 3.15. The highest BCUT2D eigenvalue weighted by Gasteiger charge is 2.01. The number of aromatic nitrogens is 1. The summed E-state index contributed by atoms with van der Waals surface area (Å²) in [6.07, 6.45) is 4.66. The Morgan fingerprint density at radius 1 is 1.00 bits per heavy atom. The second-order valence-electron chi connectivity index (χ2n) is 3.96. The van der Waals surface area contributed by atoms with Crippen molar-refractivity contribution in [1.82, 2.24) is 4.98 Å². The number of hydrogen-bond acceptors (Lipinski definition) is 2. The molecule has 0 N–H and O–H groups in total. The summed E-state index contributed by atoms with van der Waals surface area (Å²) in [4.78, 5) is 4.06. The molecule has 0 atom stereocenters. The maximum Gasteiger partial charge on any atom is 0.143 e. The highest BCUT2D eigenvalue weighted by Crippen LogP contribution is 2.10. The van der Waals surface area contributed by atoms with Gasteiger partial charge >= 0.3 is 0 Å². The van der Waals surface area contributed by atoms with Crippen molar-refractivity contribution in [2.45, 2.75) is 19.3 Å². The van der Waals surface area contributed by atoms with Crippen molar-refractivity contribution >= 4 is 0 Å². The molecule has 1 heterocycles. The number of hydrogen-bond donors (Lipinski definition) is 0. The molecule has 0 saturated carbocycles. The van der Waals surface area contributed by atoms with Gasteiger partial charge in [-0.3, -0.25) is 0 Å². The first-order valence-electron chi connectivity index (χ1n) is 5.78. The average Bonchev–Trinajstić information content (AvgIpc) is 2.40. The number of benzene rings is 1. The lowest BCUT2D eigenvalue weighted by Gasteiger charge is -2.03. The molecule has 0 amide bonds. The van der Waals surface area contributed by atoms with Gasteiger partial charge in [-0.1, -0.05) is 36.4 Å². The number of nitrogens with zero attached hydrogens (tertiary/aromatic N) is 2. The predicted molar refractivity (Wildman–Crippen MR) is 67.4 cm³/mol. The summed E-state index contributed by atoms with van der Waals surface area (Å²) in [6.45, 7) is 0. The molecule has 0 unspecified atom stereocenters. The molecule has 0 aliphatic heterocycles. The largest absolute Gasteiger partial charge is 0.245 e. The van der Waals surface area contributed by atoms with E-state index < -0.39 is 0 Å².